The SMILES string of the molecule is Cc1cnc(NC[C@H]2CN(C(=O)OC(C)(C)C)CCO2)c(N)c1. The number of nitrogens with zero attached hydrogens (tertiary/aromatic N) is 2. The summed E-state index contributed by atoms with van der Waals surface area (Å²) >= 11 is 0. The molecule has 0 unspecified atom stereocenters. The zero-order valence-electron chi connectivity index (χ0n) is 14.3. The highest BCUT2D eigenvalue weighted by molar-refractivity contribution is 5.68. The second-order valence-electron chi connectivity index (χ2n) is 6.75. The minimum absolute atomic E-state index is 0.126. The summed E-state index contributed by atoms with van der Waals surface area (Å²) in [5, 5.41) is 3.18. The Balaban J connectivity index is 1.87. The van der Waals surface area contributed by atoms with Crippen LogP contribution >= 0.6 is 0 Å². The van der Waals surface area contributed by atoms with E-state index >= 15 is 0 Å². The molecule has 0 bridgehead atoms. The highest BCUT2D eigenvalue weighted by atomic mass is 16.6. The number of rotatable bonds is 3. The van der Waals surface area contributed by atoms with Gasteiger partial charge in [-0.05, 0) is 39.3 Å². The van der Waals surface area contributed by atoms with Crippen LogP contribution in [-0.2, 0) is 9.47 Å². The van der Waals surface area contributed by atoms with Gasteiger partial charge in [-0.25, -0.2) is 9.78 Å². The van der Waals surface area contributed by atoms with Crippen molar-refractivity contribution in [3.05, 3.63) is 17.8 Å². The van der Waals surface area contributed by atoms with Crippen LogP contribution in [0, 0.1) is 6.92 Å². The first-order valence-electron chi connectivity index (χ1n) is 7.80. The molecule has 0 aliphatic carbocycles. The Morgan fingerprint density at radius 3 is 2.96 bits per heavy atom. The number of carbonyl (C=O) groups is 1. The molecule has 1 amide bonds. The number of nitrogens with one attached hydrogen (secondary N) is 1. The normalized spacial score (nSPS) is 18.6. The van der Waals surface area contributed by atoms with Gasteiger partial charge in [0.15, 0.2) is 0 Å². The molecule has 1 aromatic heterocycles. The minimum Gasteiger partial charge on any atom is -0.444 e. The quantitative estimate of drug-likeness (QED) is 0.885. The van der Waals surface area contributed by atoms with E-state index in [1.165, 1.54) is 0 Å². The number of aromatic nitrogens is 1. The van der Waals surface area contributed by atoms with Crippen molar-refractivity contribution in [3.63, 3.8) is 0 Å². The van der Waals surface area contributed by atoms with Crippen LogP contribution in [0.25, 0.3) is 0 Å². The first kappa shape index (κ1) is 17.3. The standard InChI is InChI=1S/C16H26N4O3/c1-11-7-13(17)14(18-8-11)19-9-12-10-20(5-6-22-12)15(21)23-16(2,3)4/h7-8,12H,5-6,9-10,17H2,1-4H3,(H,18,19)/t12-/m0/s1. The van der Waals surface area contributed by atoms with Gasteiger partial charge in [-0.1, -0.05) is 0 Å². The lowest BCUT2D eigenvalue weighted by Gasteiger charge is -2.34. The molecule has 0 radical (unpaired) electrons. The number of hydrogen-bond acceptors (Lipinski definition) is 6. The highest BCUT2D eigenvalue weighted by Gasteiger charge is 2.28. The summed E-state index contributed by atoms with van der Waals surface area (Å²) in [6.07, 6.45) is 1.32. The molecular weight excluding hydrogens is 296 g/mol. The lowest BCUT2D eigenvalue weighted by molar-refractivity contribution is -0.0371. The zero-order chi connectivity index (χ0) is 17.0. The number of amides is 1. The molecular formula is C16H26N4O3. The smallest absolute Gasteiger partial charge is 0.410 e. The fraction of sp³-hybridized carbons (Fsp3) is 0.625. The Kier molecular flexibility index (Phi) is 5.30. The van der Waals surface area contributed by atoms with Gasteiger partial charge in [0.25, 0.3) is 0 Å². The zero-order valence-corrected chi connectivity index (χ0v) is 14.3. The summed E-state index contributed by atoms with van der Waals surface area (Å²) < 4.78 is 11.1. The third kappa shape index (κ3) is 5.28. The summed E-state index contributed by atoms with van der Waals surface area (Å²) in [6.45, 7) is 9.55. The van der Waals surface area contributed by atoms with E-state index in [4.69, 9.17) is 15.2 Å². The number of morpholine rings is 1. The van der Waals surface area contributed by atoms with E-state index in [-0.39, 0.29) is 12.2 Å². The fourth-order valence-corrected chi connectivity index (χ4v) is 2.29. The maximum absolute atomic E-state index is 12.1. The molecule has 0 spiro atoms. The van der Waals surface area contributed by atoms with E-state index in [1.54, 1.807) is 11.1 Å². The molecule has 0 aromatic carbocycles. The van der Waals surface area contributed by atoms with Crippen LogP contribution in [0.4, 0.5) is 16.3 Å². The van der Waals surface area contributed by atoms with Gasteiger partial charge in [0.05, 0.1) is 24.9 Å². The Bertz CT molecular complexity index is 557. The van der Waals surface area contributed by atoms with Crippen molar-refractivity contribution < 1.29 is 14.3 Å². The Labute approximate surface area is 137 Å². The third-order valence-corrected chi connectivity index (χ3v) is 3.34. The van der Waals surface area contributed by atoms with Crippen molar-refractivity contribution in [2.24, 2.45) is 0 Å². The van der Waals surface area contributed by atoms with Crippen molar-refractivity contribution >= 4 is 17.6 Å². The van der Waals surface area contributed by atoms with E-state index < -0.39 is 5.60 Å². The molecule has 128 valence electrons. The predicted molar refractivity (Wildman–Crippen MR) is 89.4 cm³/mol. The number of anilines is 2. The van der Waals surface area contributed by atoms with Crippen molar-refractivity contribution in [2.75, 3.05) is 37.3 Å². The first-order valence-corrected chi connectivity index (χ1v) is 7.80. The predicted octanol–water partition coefficient (Wildman–Crippen LogP) is 2.02. The van der Waals surface area contributed by atoms with Crippen LogP contribution < -0.4 is 11.1 Å². The van der Waals surface area contributed by atoms with Gasteiger partial charge in [0.1, 0.15) is 11.4 Å². The van der Waals surface area contributed by atoms with Gasteiger partial charge in [-0.3, -0.25) is 0 Å². The lowest BCUT2D eigenvalue weighted by Crippen LogP contribution is -2.49. The molecule has 7 heteroatoms. The molecule has 1 aromatic rings. The van der Waals surface area contributed by atoms with Gasteiger partial charge in [0, 0.05) is 19.3 Å². The van der Waals surface area contributed by atoms with Crippen LogP contribution in [0.2, 0.25) is 0 Å². The van der Waals surface area contributed by atoms with Crippen LogP contribution in [0.1, 0.15) is 26.3 Å². The van der Waals surface area contributed by atoms with Crippen molar-refractivity contribution in [2.45, 2.75) is 39.4 Å². The van der Waals surface area contributed by atoms with E-state index in [0.29, 0.717) is 37.7 Å². The van der Waals surface area contributed by atoms with Crippen molar-refractivity contribution in [3.8, 4) is 0 Å². The Morgan fingerprint density at radius 1 is 1.57 bits per heavy atom. The van der Waals surface area contributed by atoms with E-state index in [1.807, 2.05) is 33.8 Å². The lowest BCUT2D eigenvalue weighted by atomic mass is 10.2. The monoisotopic (exact) mass is 322 g/mol. The van der Waals surface area contributed by atoms with Gasteiger partial charge in [-0.2, -0.15) is 0 Å². The molecule has 7 nitrogen and oxygen atoms in total. The van der Waals surface area contributed by atoms with Gasteiger partial charge >= 0.3 is 6.09 Å². The summed E-state index contributed by atoms with van der Waals surface area (Å²) in [4.78, 5) is 18.1. The van der Waals surface area contributed by atoms with Crippen LogP contribution in [-0.4, -0.2) is 53.9 Å². The number of ether oxygens (including phenoxy) is 2. The molecule has 0 saturated carbocycles. The molecule has 1 fully saturated rings. The maximum Gasteiger partial charge on any atom is 0.410 e. The minimum atomic E-state index is -0.497. The second-order valence-corrected chi connectivity index (χ2v) is 6.75. The topological polar surface area (TPSA) is 89.7 Å². The van der Waals surface area contributed by atoms with Gasteiger partial charge in [0.2, 0.25) is 0 Å². The van der Waals surface area contributed by atoms with Crippen LogP contribution in [0.5, 0.6) is 0 Å². The Morgan fingerprint density at radius 2 is 2.30 bits per heavy atom. The maximum atomic E-state index is 12.1. The summed E-state index contributed by atoms with van der Waals surface area (Å²) in [7, 11) is 0. The largest absolute Gasteiger partial charge is 0.444 e. The van der Waals surface area contributed by atoms with E-state index in [2.05, 4.69) is 10.3 Å². The molecule has 2 rings (SSSR count). The number of nitrogen functional groups attached to an aromatic ring is 1. The molecule has 3 N–H and O–H groups in total. The van der Waals surface area contributed by atoms with Crippen molar-refractivity contribution in [1.82, 2.24) is 9.88 Å². The molecule has 2 heterocycles. The summed E-state index contributed by atoms with van der Waals surface area (Å²) in [5.41, 5.74) is 7.05. The summed E-state index contributed by atoms with van der Waals surface area (Å²) in [6, 6.07) is 1.87. The molecule has 1 atom stereocenters. The number of aryl methyl sites for hydroxylation is 1. The average molecular weight is 322 g/mol. The number of pyridine rings is 1. The first-order chi connectivity index (χ1) is 10.7. The number of nitrogens with two attached hydrogens (primary N) is 1. The third-order valence-electron chi connectivity index (χ3n) is 3.34. The number of carbonyl (C=O) groups excluding carboxylic acids is 1. The molecule has 23 heavy (non-hydrogen) atoms. The van der Waals surface area contributed by atoms with E-state index in [0.717, 1.165) is 5.56 Å². The second kappa shape index (κ2) is 7.04. The fourth-order valence-electron chi connectivity index (χ4n) is 2.29. The van der Waals surface area contributed by atoms with Crippen LogP contribution in [0.3, 0.4) is 0 Å². The van der Waals surface area contributed by atoms with Gasteiger partial charge < -0.3 is 25.4 Å². The summed E-state index contributed by atoms with van der Waals surface area (Å²) in [5.74, 6) is 0.633. The molecule has 1 aliphatic heterocycles. The molecule has 1 saturated heterocycles. The van der Waals surface area contributed by atoms with Crippen LogP contribution in [0.15, 0.2) is 12.3 Å². The number of hydrogen-bond donors (Lipinski definition) is 2. The molecule has 1 aliphatic rings. The van der Waals surface area contributed by atoms with Gasteiger partial charge in [-0.15, -0.1) is 0 Å². The Hall–Kier alpha value is -2.02. The average Bonchev–Trinajstić information content (AvgIpc) is 2.45. The highest BCUT2D eigenvalue weighted by Crippen LogP contribution is 2.17. The van der Waals surface area contributed by atoms with E-state index in [9.17, 15) is 4.79 Å². The van der Waals surface area contributed by atoms with Crippen molar-refractivity contribution in [1.29, 1.82) is 0 Å².